The van der Waals surface area contributed by atoms with Crippen molar-refractivity contribution in [2.75, 3.05) is 7.11 Å². The number of amides is 3. The molecule has 0 saturated carbocycles. The summed E-state index contributed by atoms with van der Waals surface area (Å²) in [5.74, 6) is 1.50. The quantitative estimate of drug-likeness (QED) is 0.431. The number of imide groups is 1. The third-order valence-corrected chi connectivity index (χ3v) is 4.72. The number of nitrogens with zero attached hydrogens (tertiary/aromatic N) is 1. The van der Waals surface area contributed by atoms with Gasteiger partial charge in [-0.1, -0.05) is 48.7 Å². The summed E-state index contributed by atoms with van der Waals surface area (Å²) in [6.45, 7) is 3.95. The van der Waals surface area contributed by atoms with E-state index in [1.54, 1.807) is 0 Å². The number of terminal acetylenes is 1. The number of halogens is 3. The molecule has 6 nitrogen and oxygen atoms in total. The minimum Gasteiger partial charge on any atom is -0.499 e. The summed E-state index contributed by atoms with van der Waals surface area (Å²) in [6, 6.07) is -1.56. The molecule has 0 radical (unpaired) electrons. The van der Waals surface area contributed by atoms with Crippen molar-refractivity contribution in [3.63, 3.8) is 0 Å². The fourth-order valence-electron chi connectivity index (χ4n) is 2.88. The van der Waals surface area contributed by atoms with Gasteiger partial charge in [-0.2, -0.15) is 0 Å². The molecule has 0 bridgehead atoms. The average Bonchev–Trinajstić information content (AvgIpc) is 2.89. The Bertz CT molecular complexity index is 665. The van der Waals surface area contributed by atoms with Crippen LogP contribution in [0.1, 0.15) is 46.0 Å². The highest BCUT2D eigenvalue weighted by atomic mass is 35.6. The van der Waals surface area contributed by atoms with Gasteiger partial charge >= 0.3 is 0 Å². The second-order valence-electron chi connectivity index (χ2n) is 6.92. The van der Waals surface area contributed by atoms with Crippen LogP contribution in [0.5, 0.6) is 0 Å². The molecule has 1 rings (SSSR count). The summed E-state index contributed by atoms with van der Waals surface area (Å²) in [5.41, 5.74) is 0. The predicted octanol–water partition coefficient (Wildman–Crippen LogP) is 3.35. The summed E-state index contributed by atoms with van der Waals surface area (Å²) >= 11 is 17.4. The van der Waals surface area contributed by atoms with Crippen molar-refractivity contribution in [1.82, 2.24) is 10.2 Å². The van der Waals surface area contributed by atoms with E-state index in [2.05, 4.69) is 11.2 Å². The van der Waals surface area contributed by atoms with Gasteiger partial charge in [0.15, 0.2) is 3.79 Å². The van der Waals surface area contributed by atoms with Crippen molar-refractivity contribution in [2.24, 2.45) is 5.92 Å². The van der Waals surface area contributed by atoms with Gasteiger partial charge in [-0.25, -0.2) is 0 Å². The molecular formula is C19H25Cl3N2O4. The summed E-state index contributed by atoms with van der Waals surface area (Å²) in [5, 5.41) is 2.61. The number of rotatable bonds is 9. The largest absolute Gasteiger partial charge is 0.499 e. The second-order valence-corrected chi connectivity index (χ2v) is 9.44. The fourth-order valence-corrected chi connectivity index (χ4v) is 3.21. The topological polar surface area (TPSA) is 75.7 Å². The molecule has 1 aliphatic rings. The number of hydrogen-bond donors (Lipinski definition) is 1. The number of methoxy groups -OCH3 is 1. The van der Waals surface area contributed by atoms with Gasteiger partial charge in [0, 0.05) is 18.9 Å². The Labute approximate surface area is 180 Å². The second kappa shape index (κ2) is 10.9. The lowest BCUT2D eigenvalue weighted by molar-refractivity contribution is -0.146. The normalized spacial score (nSPS) is 17.9. The Morgan fingerprint density at radius 3 is 2.54 bits per heavy atom. The van der Waals surface area contributed by atoms with Crippen LogP contribution >= 0.6 is 34.8 Å². The summed E-state index contributed by atoms with van der Waals surface area (Å²) in [6.07, 6.45) is 7.34. The first-order valence-electron chi connectivity index (χ1n) is 8.92. The molecule has 9 heteroatoms. The number of nitrogens with one attached hydrogen (secondary N) is 1. The van der Waals surface area contributed by atoms with E-state index in [-0.39, 0.29) is 31.6 Å². The van der Waals surface area contributed by atoms with E-state index in [9.17, 15) is 14.4 Å². The Balaban J connectivity index is 3.05. The maximum atomic E-state index is 13.2. The van der Waals surface area contributed by atoms with Gasteiger partial charge in [0.2, 0.25) is 5.91 Å². The summed E-state index contributed by atoms with van der Waals surface area (Å²) in [4.78, 5) is 38.9. The van der Waals surface area contributed by atoms with E-state index in [1.807, 2.05) is 13.8 Å². The standard InChI is InChI=1S/C19H25Cl3N2O4/c1-5-6-7-16(25)23-13(8-9-19(20,21)22)18(27)24-14(10-12(2)3)15(28-4)11-17(24)26/h1,11-14H,6-10H2,2-4H3,(H,23,25)/t13-,14+/m0/s1. The first-order valence-corrected chi connectivity index (χ1v) is 10.1. The highest BCUT2D eigenvalue weighted by molar-refractivity contribution is 6.67. The van der Waals surface area contributed by atoms with Crippen LogP contribution in [-0.4, -0.2) is 45.6 Å². The minimum atomic E-state index is -1.59. The molecule has 0 aromatic carbocycles. The van der Waals surface area contributed by atoms with Gasteiger partial charge in [-0.15, -0.1) is 12.3 Å². The lowest BCUT2D eigenvalue weighted by atomic mass is 10.0. The fraction of sp³-hybridized carbons (Fsp3) is 0.632. The molecule has 2 atom stereocenters. The Morgan fingerprint density at radius 2 is 2.04 bits per heavy atom. The summed E-state index contributed by atoms with van der Waals surface area (Å²) < 4.78 is 3.68. The molecule has 3 amide bonds. The molecule has 1 aliphatic heterocycles. The van der Waals surface area contributed by atoms with E-state index in [0.717, 1.165) is 4.90 Å². The Hall–Kier alpha value is -1.42. The van der Waals surface area contributed by atoms with Crippen LogP contribution in [0.15, 0.2) is 11.8 Å². The zero-order chi connectivity index (χ0) is 21.5. The molecule has 0 saturated heterocycles. The monoisotopic (exact) mass is 450 g/mol. The molecular weight excluding hydrogens is 427 g/mol. The zero-order valence-corrected chi connectivity index (χ0v) is 18.4. The molecule has 0 aliphatic carbocycles. The molecule has 0 aromatic rings. The third kappa shape index (κ3) is 7.54. The van der Waals surface area contributed by atoms with Gasteiger partial charge in [-0.3, -0.25) is 19.3 Å². The smallest absolute Gasteiger partial charge is 0.257 e. The first kappa shape index (κ1) is 24.6. The van der Waals surface area contributed by atoms with Crippen LogP contribution in [0.25, 0.3) is 0 Å². The number of alkyl halides is 3. The van der Waals surface area contributed by atoms with Gasteiger partial charge in [0.1, 0.15) is 11.8 Å². The predicted molar refractivity (Wildman–Crippen MR) is 110 cm³/mol. The number of ether oxygens (including phenoxy) is 1. The van der Waals surface area contributed by atoms with Crippen molar-refractivity contribution in [2.45, 2.75) is 61.8 Å². The van der Waals surface area contributed by atoms with Crippen LogP contribution in [0.3, 0.4) is 0 Å². The zero-order valence-electron chi connectivity index (χ0n) is 16.1. The highest BCUT2D eigenvalue weighted by Gasteiger charge is 2.41. The van der Waals surface area contributed by atoms with Crippen molar-refractivity contribution in [3.8, 4) is 12.3 Å². The maximum Gasteiger partial charge on any atom is 0.257 e. The molecule has 156 valence electrons. The Morgan fingerprint density at radius 1 is 1.39 bits per heavy atom. The van der Waals surface area contributed by atoms with Gasteiger partial charge in [0.25, 0.3) is 11.8 Å². The molecule has 0 spiro atoms. The number of hydrogen-bond acceptors (Lipinski definition) is 4. The Kier molecular flexibility index (Phi) is 9.62. The van der Waals surface area contributed by atoms with Gasteiger partial charge in [0.05, 0.1) is 13.2 Å². The highest BCUT2D eigenvalue weighted by Crippen LogP contribution is 2.33. The first-order chi connectivity index (χ1) is 13.0. The van der Waals surface area contributed by atoms with Crippen LogP contribution in [0.4, 0.5) is 0 Å². The SMILES string of the molecule is C#CCCC(=O)N[C@@H](CCC(Cl)(Cl)Cl)C(=O)N1C(=O)C=C(OC)[C@H]1CC(C)C. The molecule has 0 unspecified atom stereocenters. The molecule has 0 fully saturated rings. The maximum absolute atomic E-state index is 13.2. The van der Waals surface area contributed by atoms with Crippen LogP contribution in [0.2, 0.25) is 0 Å². The van der Waals surface area contributed by atoms with Crippen molar-refractivity contribution >= 4 is 52.5 Å². The van der Waals surface area contributed by atoms with Crippen LogP contribution in [0, 0.1) is 18.3 Å². The molecule has 1 N–H and O–H groups in total. The molecule has 28 heavy (non-hydrogen) atoms. The molecule has 1 heterocycles. The van der Waals surface area contributed by atoms with E-state index in [0.29, 0.717) is 12.2 Å². The molecule has 0 aromatic heterocycles. The third-order valence-electron chi connectivity index (χ3n) is 4.16. The number of carbonyl (C=O) groups is 3. The lowest BCUT2D eigenvalue weighted by Gasteiger charge is -2.30. The lowest BCUT2D eigenvalue weighted by Crippen LogP contribution is -2.52. The van der Waals surface area contributed by atoms with E-state index in [4.69, 9.17) is 46.0 Å². The number of carbonyl (C=O) groups excluding carboxylic acids is 3. The van der Waals surface area contributed by atoms with Gasteiger partial charge in [-0.05, 0) is 25.2 Å². The van der Waals surface area contributed by atoms with Gasteiger partial charge < -0.3 is 10.1 Å². The van der Waals surface area contributed by atoms with Crippen molar-refractivity contribution in [3.05, 3.63) is 11.8 Å². The van der Waals surface area contributed by atoms with Crippen molar-refractivity contribution in [1.29, 1.82) is 0 Å². The van der Waals surface area contributed by atoms with Crippen LogP contribution < -0.4 is 5.32 Å². The van der Waals surface area contributed by atoms with E-state index >= 15 is 0 Å². The van der Waals surface area contributed by atoms with Crippen LogP contribution in [-0.2, 0) is 19.1 Å². The van der Waals surface area contributed by atoms with E-state index < -0.39 is 33.6 Å². The summed E-state index contributed by atoms with van der Waals surface area (Å²) in [7, 11) is 1.45. The van der Waals surface area contributed by atoms with E-state index in [1.165, 1.54) is 13.2 Å². The average molecular weight is 452 g/mol. The minimum absolute atomic E-state index is 0.0188. The van der Waals surface area contributed by atoms with Crippen molar-refractivity contribution < 1.29 is 19.1 Å².